The number of nitrogens with two attached hydrogens (primary N) is 1. The summed E-state index contributed by atoms with van der Waals surface area (Å²) < 4.78 is 5.00. The zero-order valence-electron chi connectivity index (χ0n) is 11.7. The number of hydrogen-bond acceptors (Lipinski definition) is 4. The number of rotatable bonds is 4. The van der Waals surface area contributed by atoms with E-state index in [0.717, 1.165) is 17.0 Å². The third kappa shape index (κ3) is 3.28. The minimum atomic E-state index is 0.338. The lowest BCUT2D eigenvalue weighted by Gasteiger charge is -2.08. The van der Waals surface area contributed by atoms with Gasteiger partial charge in [-0.05, 0) is 24.6 Å². The fourth-order valence-electron chi connectivity index (χ4n) is 2.12. The van der Waals surface area contributed by atoms with Crippen molar-refractivity contribution in [2.24, 2.45) is 0 Å². The summed E-state index contributed by atoms with van der Waals surface area (Å²) in [5.41, 5.74) is 9.97. The van der Waals surface area contributed by atoms with E-state index in [2.05, 4.69) is 54.5 Å². The van der Waals surface area contributed by atoms with E-state index in [9.17, 15) is 0 Å². The average molecular weight is 296 g/mol. The molecule has 0 saturated heterocycles. The monoisotopic (exact) mass is 296 g/mol. The van der Waals surface area contributed by atoms with Crippen LogP contribution >= 0.6 is 11.8 Å². The van der Waals surface area contributed by atoms with Gasteiger partial charge >= 0.3 is 0 Å². The van der Waals surface area contributed by atoms with Gasteiger partial charge in [0.05, 0.1) is 0 Å². The van der Waals surface area contributed by atoms with Crippen LogP contribution in [0.2, 0.25) is 0 Å². The molecule has 3 rings (SSSR count). The number of aryl methyl sites for hydroxylation is 1. The van der Waals surface area contributed by atoms with Crippen LogP contribution in [0.3, 0.4) is 0 Å². The van der Waals surface area contributed by atoms with Crippen LogP contribution in [0.1, 0.15) is 11.1 Å². The molecule has 3 aromatic rings. The molecular weight excluding hydrogens is 280 g/mol. The first-order chi connectivity index (χ1) is 10.2. The summed E-state index contributed by atoms with van der Waals surface area (Å²) in [6, 6.07) is 18.5. The maximum Gasteiger partial charge on any atom is 0.222 e. The van der Waals surface area contributed by atoms with Crippen molar-refractivity contribution >= 4 is 17.6 Å². The van der Waals surface area contributed by atoms with E-state index in [1.165, 1.54) is 16.0 Å². The molecule has 2 N–H and O–H groups in total. The zero-order valence-corrected chi connectivity index (χ0v) is 12.6. The molecule has 2 aromatic carbocycles. The third-order valence-corrected chi connectivity index (χ3v) is 4.32. The molecule has 0 aliphatic heterocycles. The molecule has 1 aromatic heterocycles. The Labute approximate surface area is 128 Å². The molecule has 1 heterocycles. The van der Waals surface area contributed by atoms with Crippen LogP contribution in [-0.4, -0.2) is 5.16 Å². The molecule has 0 atom stereocenters. The lowest BCUT2D eigenvalue weighted by Crippen LogP contribution is -1.86. The fraction of sp³-hybridized carbons (Fsp3) is 0.118. The first kappa shape index (κ1) is 13.8. The molecule has 21 heavy (non-hydrogen) atoms. The molecule has 0 spiro atoms. The van der Waals surface area contributed by atoms with Gasteiger partial charge in [0.15, 0.2) is 0 Å². The Morgan fingerprint density at radius 3 is 2.62 bits per heavy atom. The minimum Gasteiger partial charge on any atom is -0.368 e. The number of thioether (sulfide) groups is 1. The summed E-state index contributed by atoms with van der Waals surface area (Å²) in [6.07, 6.45) is 0. The van der Waals surface area contributed by atoms with Gasteiger partial charge in [0.1, 0.15) is 5.69 Å². The van der Waals surface area contributed by atoms with E-state index in [1.807, 2.05) is 6.07 Å². The van der Waals surface area contributed by atoms with Crippen molar-refractivity contribution in [1.82, 2.24) is 5.16 Å². The first-order valence-electron chi connectivity index (χ1n) is 6.72. The Morgan fingerprint density at radius 2 is 1.90 bits per heavy atom. The van der Waals surface area contributed by atoms with Crippen LogP contribution in [0.25, 0.3) is 11.3 Å². The highest BCUT2D eigenvalue weighted by atomic mass is 32.2. The summed E-state index contributed by atoms with van der Waals surface area (Å²) in [4.78, 5) is 1.18. The molecule has 0 saturated carbocycles. The summed E-state index contributed by atoms with van der Waals surface area (Å²) in [5.74, 6) is 1.26. The summed E-state index contributed by atoms with van der Waals surface area (Å²) >= 11 is 1.79. The van der Waals surface area contributed by atoms with Gasteiger partial charge in [-0.15, -0.1) is 11.8 Å². The van der Waals surface area contributed by atoms with Crippen molar-refractivity contribution in [3.63, 3.8) is 0 Å². The van der Waals surface area contributed by atoms with E-state index >= 15 is 0 Å². The molecule has 0 amide bonds. The van der Waals surface area contributed by atoms with Crippen molar-refractivity contribution in [2.75, 3.05) is 5.73 Å². The highest BCUT2D eigenvalue weighted by Crippen LogP contribution is 2.34. The highest BCUT2D eigenvalue weighted by Gasteiger charge is 2.11. The Kier molecular flexibility index (Phi) is 3.97. The molecule has 0 fully saturated rings. The normalized spacial score (nSPS) is 10.7. The van der Waals surface area contributed by atoms with Crippen LogP contribution < -0.4 is 5.73 Å². The molecule has 4 heteroatoms. The molecule has 0 aliphatic rings. The maximum absolute atomic E-state index is 5.63. The summed E-state index contributed by atoms with van der Waals surface area (Å²) in [7, 11) is 0. The van der Waals surface area contributed by atoms with Gasteiger partial charge in [-0.2, -0.15) is 0 Å². The quantitative estimate of drug-likeness (QED) is 0.719. The standard InChI is InChI=1S/C17H16N2OS/c1-12-7-8-16(21-11-13-5-3-2-4-6-13)14(9-12)15-10-17(18)20-19-15/h2-10H,11,18H2,1H3. The molecule has 0 radical (unpaired) electrons. The molecule has 0 unspecified atom stereocenters. The molecule has 0 bridgehead atoms. The second kappa shape index (κ2) is 6.06. The minimum absolute atomic E-state index is 0.338. The van der Waals surface area contributed by atoms with Crippen LogP contribution in [0.4, 0.5) is 5.88 Å². The van der Waals surface area contributed by atoms with E-state index in [-0.39, 0.29) is 0 Å². The number of nitrogen functional groups attached to an aromatic ring is 1. The smallest absolute Gasteiger partial charge is 0.222 e. The number of benzene rings is 2. The fourth-order valence-corrected chi connectivity index (χ4v) is 3.12. The van der Waals surface area contributed by atoms with Crippen LogP contribution in [0.5, 0.6) is 0 Å². The molecule has 106 valence electrons. The van der Waals surface area contributed by atoms with Crippen LogP contribution in [0, 0.1) is 6.92 Å². The summed E-state index contributed by atoms with van der Waals surface area (Å²) in [6.45, 7) is 2.07. The Morgan fingerprint density at radius 1 is 1.10 bits per heavy atom. The van der Waals surface area contributed by atoms with Crippen LogP contribution in [-0.2, 0) is 5.75 Å². The lowest BCUT2D eigenvalue weighted by molar-refractivity contribution is 0.439. The topological polar surface area (TPSA) is 52.0 Å². The van der Waals surface area contributed by atoms with Crippen molar-refractivity contribution in [1.29, 1.82) is 0 Å². The SMILES string of the molecule is Cc1ccc(SCc2ccccc2)c(-c2cc(N)on2)c1. The van der Waals surface area contributed by atoms with E-state index in [1.54, 1.807) is 17.8 Å². The predicted octanol–water partition coefficient (Wildman–Crippen LogP) is 4.52. The second-order valence-corrected chi connectivity index (χ2v) is 5.91. The van der Waals surface area contributed by atoms with E-state index < -0.39 is 0 Å². The zero-order chi connectivity index (χ0) is 14.7. The van der Waals surface area contributed by atoms with Crippen molar-refractivity contribution in [3.8, 4) is 11.3 Å². The van der Waals surface area contributed by atoms with Crippen LogP contribution in [0.15, 0.2) is 64.0 Å². The van der Waals surface area contributed by atoms with Gasteiger partial charge in [-0.1, -0.05) is 47.1 Å². The Bertz CT molecular complexity index is 738. The lowest BCUT2D eigenvalue weighted by atomic mass is 10.1. The highest BCUT2D eigenvalue weighted by molar-refractivity contribution is 7.98. The van der Waals surface area contributed by atoms with E-state index in [4.69, 9.17) is 10.3 Å². The molecular formula is C17H16N2OS. The van der Waals surface area contributed by atoms with Gasteiger partial charge in [-0.3, -0.25) is 0 Å². The largest absolute Gasteiger partial charge is 0.368 e. The molecule has 3 nitrogen and oxygen atoms in total. The van der Waals surface area contributed by atoms with E-state index in [0.29, 0.717) is 5.88 Å². The second-order valence-electron chi connectivity index (χ2n) is 4.89. The maximum atomic E-state index is 5.63. The van der Waals surface area contributed by atoms with Crippen molar-refractivity contribution < 1.29 is 4.52 Å². The first-order valence-corrected chi connectivity index (χ1v) is 7.71. The third-order valence-electron chi connectivity index (χ3n) is 3.18. The van der Waals surface area contributed by atoms with Crippen molar-refractivity contribution in [3.05, 3.63) is 65.7 Å². The van der Waals surface area contributed by atoms with Gasteiger partial charge in [-0.25, -0.2) is 0 Å². The number of anilines is 1. The van der Waals surface area contributed by atoms with Crippen molar-refractivity contribution in [2.45, 2.75) is 17.6 Å². The number of hydrogen-bond donors (Lipinski definition) is 1. The Balaban J connectivity index is 1.88. The number of nitrogens with zero attached hydrogens (tertiary/aromatic N) is 1. The number of aromatic nitrogens is 1. The van der Waals surface area contributed by atoms with Gasteiger partial charge in [0, 0.05) is 22.3 Å². The predicted molar refractivity (Wildman–Crippen MR) is 87.1 cm³/mol. The summed E-state index contributed by atoms with van der Waals surface area (Å²) in [5, 5.41) is 4.03. The van der Waals surface area contributed by atoms with Gasteiger partial charge < -0.3 is 10.3 Å². The molecule has 0 aliphatic carbocycles. The Hall–Kier alpha value is -2.20. The average Bonchev–Trinajstić information content (AvgIpc) is 2.93. The van der Waals surface area contributed by atoms with Gasteiger partial charge in [0.2, 0.25) is 5.88 Å². The van der Waals surface area contributed by atoms with Gasteiger partial charge in [0.25, 0.3) is 0 Å².